The molecule has 0 saturated carbocycles. The highest BCUT2D eigenvalue weighted by molar-refractivity contribution is 5.43. The van der Waals surface area contributed by atoms with Crippen LogP contribution in [-0.4, -0.2) is 11.3 Å². The molecule has 0 atom stereocenters. The number of nitrogens with zero attached hydrogens (tertiary/aromatic N) is 2. The van der Waals surface area contributed by atoms with Crippen molar-refractivity contribution in [3.8, 4) is 0 Å². The van der Waals surface area contributed by atoms with Gasteiger partial charge in [0.1, 0.15) is 0 Å². The molecule has 0 bridgehead atoms. The number of rotatable bonds is 1. The molecule has 0 saturated heterocycles. The predicted molar refractivity (Wildman–Crippen MR) is 18.9 cm³/mol. The molecule has 0 radical (unpaired) electrons. The van der Waals surface area contributed by atoms with Crippen molar-refractivity contribution in [2.75, 3.05) is 0 Å². The minimum atomic E-state index is -0.924. The van der Waals surface area contributed by atoms with Gasteiger partial charge in [-0.2, -0.15) is 0 Å². The summed E-state index contributed by atoms with van der Waals surface area (Å²) in [6.07, 6.45) is 0.0833. The van der Waals surface area contributed by atoms with Gasteiger partial charge in [-0.1, -0.05) is 5.16 Å². The Balaban J connectivity index is 3.30. The maximum Gasteiger partial charge on any atom is 0.326 e. The van der Waals surface area contributed by atoms with Crippen molar-refractivity contribution in [1.82, 2.24) is 0 Å². The zero-order chi connectivity index (χ0) is 4.99. The lowest BCUT2D eigenvalue weighted by atomic mass is 11.4. The molecule has 6 heavy (non-hydrogen) atoms. The molecule has 0 aromatic heterocycles. The first-order valence-corrected chi connectivity index (χ1v) is 1.06. The monoisotopic (exact) mass is 89.0 g/mol. The Morgan fingerprint density at radius 1 is 1.83 bits per heavy atom. The van der Waals surface area contributed by atoms with Crippen molar-refractivity contribution >= 4 is 6.34 Å². The van der Waals surface area contributed by atoms with Crippen LogP contribution in [0.15, 0.2) is 5.16 Å². The van der Waals surface area contributed by atoms with Crippen LogP contribution in [0.4, 0.5) is 0 Å². The summed E-state index contributed by atoms with van der Waals surface area (Å²) in [5.41, 5.74) is 0. The van der Waals surface area contributed by atoms with Crippen LogP contribution in [0.2, 0.25) is 0 Å². The van der Waals surface area contributed by atoms with Gasteiger partial charge in [0.15, 0.2) is 0 Å². The lowest BCUT2D eigenvalue weighted by Gasteiger charge is -1.77. The van der Waals surface area contributed by atoms with E-state index < -0.39 is 4.92 Å². The Labute approximate surface area is 33.0 Å². The lowest BCUT2D eigenvalue weighted by molar-refractivity contribution is -0.338. The third kappa shape index (κ3) is 2.87. The van der Waals surface area contributed by atoms with Crippen molar-refractivity contribution in [2.24, 2.45) is 5.16 Å². The van der Waals surface area contributed by atoms with E-state index >= 15 is 0 Å². The average Bonchev–Trinajstić information content (AvgIpc) is 1.35. The Morgan fingerprint density at radius 2 is 2.33 bits per heavy atom. The zero-order valence-electron chi connectivity index (χ0n) is 2.70. The largest absolute Gasteiger partial charge is 0.676 e. The van der Waals surface area contributed by atoms with E-state index in [1.165, 1.54) is 0 Å². The van der Waals surface area contributed by atoms with Gasteiger partial charge in [-0.25, -0.2) is 0 Å². The molecule has 0 aromatic rings. The van der Waals surface area contributed by atoms with Gasteiger partial charge in [-0.15, -0.1) is 0 Å². The lowest BCUT2D eigenvalue weighted by Crippen LogP contribution is -1.89. The Bertz CT molecular complexity index is 76.9. The van der Waals surface area contributed by atoms with Gasteiger partial charge in [0, 0.05) is 0 Å². The maximum absolute atomic E-state index is 9.06. The van der Waals surface area contributed by atoms with Crippen LogP contribution in [0, 0.1) is 15.3 Å². The molecule has 0 aliphatic carbocycles. The van der Waals surface area contributed by atoms with E-state index in [1.807, 2.05) is 5.16 Å². The van der Waals surface area contributed by atoms with Crippen molar-refractivity contribution in [2.45, 2.75) is 0 Å². The normalized spacial score (nSPS) is 9.33. The van der Waals surface area contributed by atoms with Gasteiger partial charge in [0.05, 0.1) is 0 Å². The van der Waals surface area contributed by atoms with Crippen LogP contribution in [0.3, 0.4) is 0 Å². The van der Waals surface area contributed by atoms with Crippen molar-refractivity contribution < 1.29 is 4.92 Å². The Kier molecular flexibility index (Phi) is 1.73. The molecule has 0 unspecified atom stereocenters. The summed E-state index contributed by atoms with van der Waals surface area (Å²) in [5.74, 6) is 0. The molecular formula is CHN2O3-. The fourth-order valence-corrected chi connectivity index (χ4v) is 0.0385. The van der Waals surface area contributed by atoms with Crippen LogP contribution >= 0.6 is 0 Å². The molecule has 0 rings (SSSR count). The molecule has 5 nitrogen and oxygen atoms in total. The minimum Gasteiger partial charge on any atom is -0.676 e. The summed E-state index contributed by atoms with van der Waals surface area (Å²) in [7, 11) is 0. The topological polar surface area (TPSA) is 78.6 Å². The van der Waals surface area contributed by atoms with E-state index in [4.69, 9.17) is 15.3 Å². The molecule has 0 N–H and O–H groups in total. The first-order chi connectivity index (χ1) is 2.77. The Morgan fingerprint density at radius 3 is 2.33 bits per heavy atom. The van der Waals surface area contributed by atoms with E-state index in [-0.39, 0.29) is 6.34 Å². The van der Waals surface area contributed by atoms with Crippen LogP contribution in [0.1, 0.15) is 0 Å². The third-order valence-corrected chi connectivity index (χ3v) is 0.141. The minimum absolute atomic E-state index is 0.0833. The smallest absolute Gasteiger partial charge is 0.326 e. The maximum atomic E-state index is 9.06. The molecule has 0 aliphatic heterocycles. The quantitative estimate of drug-likeness (QED) is 0.193. The van der Waals surface area contributed by atoms with E-state index in [1.54, 1.807) is 0 Å². The second-order valence-electron chi connectivity index (χ2n) is 0.506. The molecule has 0 spiro atoms. The number of nitro groups is 1. The molecule has 0 heterocycles. The van der Waals surface area contributed by atoms with Crippen LogP contribution in [-0.2, 0) is 0 Å². The van der Waals surface area contributed by atoms with Gasteiger partial charge in [-0.05, 0) is 4.92 Å². The van der Waals surface area contributed by atoms with Crippen LogP contribution in [0.25, 0.3) is 0 Å². The van der Waals surface area contributed by atoms with Gasteiger partial charge in [0.2, 0.25) is 0 Å². The molecular weight excluding hydrogens is 88.0 g/mol. The Hall–Kier alpha value is -1.13. The van der Waals surface area contributed by atoms with E-state index in [9.17, 15) is 0 Å². The molecule has 0 aliphatic rings. The van der Waals surface area contributed by atoms with Crippen LogP contribution in [0.5, 0.6) is 0 Å². The SMILES string of the molecule is O=[N+]([O-])/C=N/[O-]. The van der Waals surface area contributed by atoms with E-state index in [2.05, 4.69) is 0 Å². The summed E-state index contributed by atoms with van der Waals surface area (Å²) in [6, 6.07) is 0. The van der Waals surface area contributed by atoms with Gasteiger partial charge >= 0.3 is 6.34 Å². The van der Waals surface area contributed by atoms with Gasteiger partial charge in [0.25, 0.3) is 0 Å². The van der Waals surface area contributed by atoms with Gasteiger partial charge in [-0.3, -0.25) is 0 Å². The summed E-state index contributed by atoms with van der Waals surface area (Å²) >= 11 is 0. The molecule has 34 valence electrons. The first kappa shape index (κ1) is 4.87. The van der Waals surface area contributed by atoms with Crippen molar-refractivity contribution in [1.29, 1.82) is 0 Å². The van der Waals surface area contributed by atoms with E-state index in [0.29, 0.717) is 0 Å². The number of hydrogen-bond acceptors (Lipinski definition) is 4. The molecule has 0 aromatic carbocycles. The fraction of sp³-hybridized carbons (Fsp3) is 0. The molecule has 0 amide bonds. The second-order valence-corrected chi connectivity index (χ2v) is 0.506. The first-order valence-electron chi connectivity index (χ1n) is 1.06. The van der Waals surface area contributed by atoms with Crippen molar-refractivity contribution in [3.05, 3.63) is 15.3 Å². The fourth-order valence-electron chi connectivity index (χ4n) is 0.0385. The molecule has 0 fully saturated rings. The highest BCUT2D eigenvalue weighted by Gasteiger charge is 1.70. The number of hydrogen-bond donors (Lipinski definition) is 0. The third-order valence-electron chi connectivity index (χ3n) is 0.141. The summed E-state index contributed by atoms with van der Waals surface area (Å²) < 4.78 is 0. The molecule has 5 heteroatoms. The average molecular weight is 89.0 g/mol. The van der Waals surface area contributed by atoms with E-state index in [0.717, 1.165) is 0 Å². The zero-order valence-corrected chi connectivity index (χ0v) is 2.70. The highest BCUT2D eigenvalue weighted by atomic mass is 16.6. The van der Waals surface area contributed by atoms with Crippen molar-refractivity contribution in [3.63, 3.8) is 0 Å². The standard InChI is InChI=1S/CH2N2O3/c4-2-1-3(5)6/h1,4H/p-1/b2-1+. The van der Waals surface area contributed by atoms with Crippen LogP contribution < -0.4 is 0 Å². The summed E-state index contributed by atoms with van der Waals surface area (Å²) in [4.78, 5) is 8.13. The predicted octanol–water partition coefficient (Wildman–Crippen LogP) is -0.211. The van der Waals surface area contributed by atoms with Gasteiger partial charge < -0.3 is 15.3 Å². The summed E-state index contributed by atoms with van der Waals surface area (Å²) in [5, 5.41) is 19.8. The summed E-state index contributed by atoms with van der Waals surface area (Å²) in [6.45, 7) is 0. The second kappa shape index (κ2) is 2.13. The highest BCUT2D eigenvalue weighted by Crippen LogP contribution is 1.55.